The van der Waals surface area contributed by atoms with Crippen LogP contribution in [0.5, 0.6) is 0 Å². The summed E-state index contributed by atoms with van der Waals surface area (Å²) < 4.78 is 10.2. The summed E-state index contributed by atoms with van der Waals surface area (Å²) in [6.07, 6.45) is 2.75. The Kier molecular flexibility index (Phi) is 6.94. The molecule has 0 rings (SSSR count). The quantitative estimate of drug-likeness (QED) is 0.442. The Morgan fingerprint density at radius 2 is 2.08 bits per heavy atom. The van der Waals surface area contributed by atoms with Gasteiger partial charge in [0.05, 0.1) is 0 Å². The largest absolute Gasteiger partial charge is 0.400 e. The van der Waals surface area contributed by atoms with Crippen molar-refractivity contribution in [2.45, 2.75) is 18.9 Å². The van der Waals surface area contributed by atoms with E-state index in [1.165, 1.54) is 6.08 Å². The average Bonchev–Trinajstić information content (AvgIpc) is 2.12. The Bertz CT molecular complexity index is 143. The molecule has 0 N–H and O–H groups in total. The zero-order valence-corrected chi connectivity index (χ0v) is 8.86. The van der Waals surface area contributed by atoms with Crippen LogP contribution in [0.3, 0.4) is 0 Å². The maximum atomic E-state index is 10.8. The number of hydrogen-bond acceptors (Lipinski definition) is 3. The minimum absolute atomic E-state index is 0.0926. The highest BCUT2D eigenvalue weighted by Gasteiger charge is 2.08. The third-order valence-electron chi connectivity index (χ3n) is 1.62. The molecule has 0 spiro atoms. The van der Waals surface area contributed by atoms with Crippen LogP contribution in [0.25, 0.3) is 0 Å². The number of ketones is 1. The summed E-state index contributed by atoms with van der Waals surface area (Å²) in [6.45, 7) is 3.40. The number of allylic oxidation sites excluding steroid dienone is 1. The molecule has 4 heteroatoms. The second-order valence-corrected chi connectivity index (χ2v) is 4.84. The van der Waals surface area contributed by atoms with E-state index in [4.69, 9.17) is 8.85 Å². The van der Waals surface area contributed by atoms with Gasteiger partial charge >= 0.3 is 9.28 Å². The fourth-order valence-corrected chi connectivity index (χ4v) is 2.08. The van der Waals surface area contributed by atoms with E-state index in [9.17, 15) is 4.79 Å². The molecule has 0 heterocycles. The van der Waals surface area contributed by atoms with Crippen LogP contribution in [0.2, 0.25) is 6.04 Å². The molecule has 0 aliphatic carbocycles. The minimum atomic E-state index is -1.45. The van der Waals surface area contributed by atoms with Gasteiger partial charge in [-0.15, -0.1) is 0 Å². The van der Waals surface area contributed by atoms with Crippen molar-refractivity contribution in [3.05, 3.63) is 12.7 Å². The molecule has 0 saturated heterocycles. The predicted molar refractivity (Wildman–Crippen MR) is 50.4 cm³/mol. The predicted octanol–water partition coefficient (Wildman–Crippen LogP) is 1.03. The zero-order chi connectivity index (χ0) is 9.40. The lowest BCUT2D eigenvalue weighted by Crippen LogP contribution is -2.18. The smallest absolute Gasteiger partial charge is 0.320 e. The molecule has 0 aromatic rings. The maximum Gasteiger partial charge on any atom is 0.320 e. The van der Waals surface area contributed by atoms with Gasteiger partial charge in [0.2, 0.25) is 0 Å². The summed E-state index contributed by atoms with van der Waals surface area (Å²) in [4.78, 5) is 10.8. The van der Waals surface area contributed by atoms with E-state index in [0.29, 0.717) is 6.42 Å². The highest BCUT2D eigenvalue weighted by Crippen LogP contribution is 2.03. The van der Waals surface area contributed by atoms with E-state index in [1.54, 1.807) is 14.2 Å². The van der Waals surface area contributed by atoms with Gasteiger partial charge < -0.3 is 8.85 Å². The summed E-state index contributed by atoms with van der Waals surface area (Å²) in [6, 6.07) is 0.882. The Balaban J connectivity index is 3.40. The number of carbonyl (C=O) groups is 1. The highest BCUT2D eigenvalue weighted by atomic mass is 28.3. The number of rotatable bonds is 7. The van der Waals surface area contributed by atoms with Gasteiger partial charge in [0.15, 0.2) is 5.78 Å². The van der Waals surface area contributed by atoms with Gasteiger partial charge in [-0.1, -0.05) is 6.58 Å². The van der Waals surface area contributed by atoms with E-state index in [0.717, 1.165) is 12.5 Å². The molecule has 0 aromatic heterocycles. The van der Waals surface area contributed by atoms with Gasteiger partial charge in [-0.05, 0) is 18.5 Å². The van der Waals surface area contributed by atoms with Gasteiger partial charge in [-0.25, -0.2) is 0 Å². The minimum Gasteiger partial charge on any atom is -0.400 e. The lowest BCUT2D eigenvalue weighted by molar-refractivity contribution is -0.114. The molecule has 0 amide bonds. The van der Waals surface area contributed by atoms with Crippen molar-refractivity contribution >= 4 is 15.1 Å². The van der Waals surface area contributed by atoms with Crippen molar-refractivity contribution < 1.29 is 13.6 Å². The van der Waals surface area contributed by atoms with Crippen LogP contribution in [0.1, 0.15) is 12.8 Å². The fourth-order valence-electron chi connectivity index (χ4n) is 0.877. The Labute approximate surface area is 75.2 Å². The van der Waals surface area contributed by atoms with E-state index in [-0.39, 0.29) is 5.78 Å². The molecular formula is C8H16O3Si. The lowest BCUT2D eigenvalue weighted by Gasteiger charge is -2.09. The molecule has 0 fully saturated rings. The van der Waals surface area contributed by atoms with Crippen molar-refractivity contribution in [1.82, 2.24) is 0 Å². The maximum absolute atomic E-state index is 10.8. The summed E-state index contributed by atoms with van der Waals surface area (Å²) in [5.74, 6) is 0.0926. The molecule has 0 atom stereocenters. The Morgan fingerprint density at radius 3 is 2.50 bits per heavy atom. The summed E-state index contributed by atoms with van der Waals surface area (Å²) in [5.41, 5.74) is 0. The van der Waals surface area contributed by atoms with E-state index >= 15 is 0 Å². The molecule has 0 saturated carbocycles. The van der Waals surface area contributed by atoms with Crippen LogP contribution in [-0.4, -0.2) is 29.3 Å². The summed E-state index contributed by atoms with van der Waals surface area (Å²) >= 11 is 0. The van der Waals surface area contributed by atoms with Gasteiger partial charge in [0.1, 0.15) is 0 Å². The standard InChI is InChI=1S/C8H16O3Si/c1-4-8(9)6-5-7-12(10-2)11-3/h4,12H,1,5-7H2,2-3H3. The molecule has 0 aliphatic rings. The van der Waals surface area contributed by atoms with E-state index in [2.05, 4.69) is 6.58 Å². The summed E-state index contributed by atoms with van der Waals surface area (Å²) in [5, 5.41) is 0. The molecule has 0 unspecified atom stereocenters. The second-order valence-electron chi connectivity index (χ2n) is 2.46. The highest BCUT2D eigenvalue weighted by molar-refractivity contribution is 6.44. The first kappa shape index (κ1) is 11.5. The number of hydrogen-bond donors (Lipinski definition) is 0. The monoisotopic (exact) mass is 188 g/mol. The van der Waals surface area contributed by atoms with Crippen molar-refractivity contribution in [3.63, 3.8) is 0 Å². The van der Waals surface area contributed by atoms with Crippen LogP contribution < -0.4 is 0 Å². The third kappa shape index (κ3) is 5.23. The first-order valence-electron chi connectivity index (χ1n) is 3.95. The van der Waals surface area contributed by atoms with Crippen LogP contribution in [0.15, 0.2) is 12.7 Å². The van der Waals surface area contributed by atoms with Crippen LogP contribution in [0, 0.1) is 0 Å². The molecule has 3 nitrogen and oxygen atoms in total. The molecule has 0 bridgehead atoms. The summed E-state index contributed by atoms with van der Waals surface area (Å²) in [7, 11) is 1.85. The van der Waals surface area contributed by atoms with Gasteiger partial charge in [-0.2, -0.15) is 0 Å². The molecule has 0 aliphatic heterocycles. The van der Waals surface area contributed by atoms with Crippen LogP contribution in [-0.2, 0) is 13.6 Å². The normalized spacial score (nSPS) is 10.2. The van der Waals surface area contributed by atoms with Gasteiger partial charge in [0.25, 0.3) is 0 Å². The second kappa shape index (κ2) is 7.21. The molecule has 0 aromatic carbocycles. The van der Waals surface area contributed by atoms with E-state index in [1.807, 2.05) is 0 Å². The fraction of sp³-hybridized carbons (Fsp3) is 0.625. The van der Waals surface area contributed by atoms with Gasteiger partial charge in [-0.3, -0.25) is 4.79 Å². The topological polar surface area (TPSA) is 35.5 Å². The average molecular weight is 188 g/mol. The Hall–Kier alpha value is -0.453. The molecular weight excluding hydrogens is 172 g/mol. The first-order chi connectivity index (χ1) is 5.74. The third-order valence-corrected chi connectivity index (χ3v) is 3.55. The molecule has 0 radical (unpaired) electrons. The van der Waals surface area contributed by atoms with Crippen molar-refractivity contribution in [2.75, 3.05) is 14.2 Å². The zero-order valence-electron chi connectivity index (χ0n) is 7.71. The Morgan fingerprint density at radius 1 is 1.50 bits per heavy atom. The lowest BCUT2D eigenvalue weighted by atomic mass is 10.2. The first-order valence-corrected chi connectivity index (χ1v) is 5.71. The van der Waals surface area contributed by atoms with Crippen molar-refractivity contribution in [3.8, 4) is 0 Å². The number of carbonyl (C=O) groups excluding carboxylic acids is 1. The van der Waals surface area contributed by atoms with E-state index < -0.39 is 9.28 Å². The molecule has 12 heavy (non-hydrogen) atoms. The van der Waals surface area contributed by atoms with Crippen molar-refractivity contribution in [2.24, 2.45) is 0 Å². The van der Waals surface area contributed by atoms with Crippen molar-refractivity contribution in [1.29, 1.82) is 0 Å². The SMILES string of the molecule is C=CC(=O)CCC[SiH](OC)OC. The van der Waals surface area contributed by atoms with Crippen LogP contribution in [0.4, 0.5) is 0 Å². The van der Waals surface area contributed by atoms with Crippen LogP contribution >= 0.6 is 0 Å². The van der Waals surface area contributed by atoms with Gasteiger partial charge in [0, 0.05) is 20.6 Å². The molecule has 70 valence electrons.